The summed E-state index contributed by atoms with van der Waals surface area (Å²) in [5.74, 6) is 0.438. The molecule has 3 aromatic carbocycles. The molecule has 0 radical (unpaired) electrons. The number of hydrogen-bond donors (Lipinski definition) is 1. The SMILES string of the molecule is CC(C)c1cc(-c2ccc3c(c2)[nH]c2ccccc23)ccc1-c1cccc[n+]1C(C)C. The monoisotopic (exact) mass is 405 g/mol. The van der Waals surface area contributed by atoms with Crippen LogP contribution in [0.2, 0.25) is 0 Å². The van der Waals surface area contributed by atoms with Crippen LogP contribution in [0.5, 0.6) is 0 Å². The maximum atomic E-state index is 3.58. The fourth-order valence-corrected chi connectivity index (χ4v) is 4.62. The Morgan fingerprint density at radius 2 is 1.39 bits per heavy atom. The lowest BCUT2D eigenvalue weighted by molar-refractivity contribution is -0.705. The molecule has 0 aliphatic heterocycles. The van der Waals surface area contributed by atoms with E-state index in [-0.39, 0.29) is 0 Å². The summed E-state index contributed by atoms with van der Waals surface area (Å²) in [7, 11) is 0. The Labute approximate surface area is 184 Å². The highest BCUT2D eigenvalue weighted by Crippen LogP contribution is 2.34. The van der Waals surface area contributed by atoms with Crippen molar-refractivity contribution >= 4 is 21.8 Å². The van der Waals surface area contributed by atoms with E-state index in [2.05, 4.69) is 122 Å². The van der Waals surface area contributed by atoms with Crippen LogP contribution in [-0.2, 0) is 0 Å². The molecular formula is C29H29N2+. The van der Waals surface area contributed by atoms with Gasteiger partial charge in [0.05, 0.1) is 0 Å². The molecule has 0 aliphatic carbocycles. The third-order valence-corrected chi connectivity index (χ3v) is 6.24. The molecule has 5 rings (SSSR count). The number of fused-ring (bicyclic) bond motifs is 3. The van der Waals surface area contributed by atoms with Crippen molar-refractivity contribution in [2.45, 2.75) is 39.7 Å². The lowest BCUT2D eigenvalue weighted by Crippen LogP contribution is -2.38. The number of nitrogens with one attached hydrogen (secondary N) is 1. The predicted molar refractivity (Wildman–Crippen MR) is 131 cm³/mol. The van der Waals surface area contributed by atoms with E-state index in [0.29, 0.717) is 12.0 Å². The van der Waals surface area contributed by atoms with Crippen LogP contribution in [0.25, 0.3) is 44.2 Å². The Kier molecular flexibility index (Phi) is 4.86. The molecule has 0 spiro atoms. The Balaban J connectivity index is 1.65. The van der Waals surface area contributed by atoms with E-state index in [9.17, 15) is 0 Å². The first-order valence-corrected chi connectivity index (χ1v) is 11.2. The number of pyridine rings is 1. The van der Waals surface area contributed by atoms with Gasteiger partial charge >= 0.3 is 0 Å². The summed E-state index contributed by atoms with van der Waals surface area (Å²) in [6, 6.07) is 29.1. The van der Waals surface area contributed by atoms with Gasteiger partial charge in [-0.3, -0.25) is 0 Å². The van der Waals surface area contributed by atoms with Crippen molar-refractivity contribution in [3.05, 3.63) is 90.6 Å². The second-order valence-electron chi connectivity index (χ2n) is 8.97. The van der Waals surface area contributed by atoms with Gasteiger partial charge < -0.3 is 4.98 Å². The summed E-state index contributed by atoms with van der Waals surface area (Å²) in [6.45, 7) is 9.04. The molecule has 0 aliphatic rings. The van der Waals surface area contributed by atoms with E-state index in [1.165, 1.54) is 49.8 Å². The molecule has 0 amide bonds. The molecule has 0 fully saturated rings. The minimum Gasteiger partial charge on any atom is -0.354 e. The second kappa shape index (κ2) is 7.70. The molecule has 31 heavy (non-hydrogen) atoms. The highest BCUT2D eigenvalue weighted by Gasteiger charge is 2.20. The molecule has 0 bridgehead atoms. The van der Waals surface area contributed by atoms with Crippen LogP contribution >= 0.6 is 0 Å². The van der Waals surface area contributed by atoms with E-state index in [0.717, 1.165) is 0 Å². The number of para-hydroxylation sites is 1. The van der Waals surface area contributed by atoms with Gasteiger partial charge in [0, 0.05) is 39.5 Å². The Morgan fingerprint density at radius 3 is 2.19 bits per heavy atom. The highest BCUT2D eigenvalue weighted by atomic mass is 15.0. The van der Waals surface area contributed by atoms with Crippen LogP contribution < -0.4 is 4.57 Å². The predicted octanol–water partition coefficient (Wildman–Crippen LogP) is 7.65. The normalized spacial score (nSPS) is 11.8. The zero-order valence-electron chi connectivity index (χ0n) is 18.7. The van der Waals surface area contributed by atoms with Crippen LogP contribution in [0, 0.1) is 0 Å². The van der Waals surface area contributed by atoms with Crippen LogP contribution in [0.3, 0.4) is 0 Å². The first kappa shape index (κ1) is 19.6. The number of aromatic amines is 1. The van der Waals surface area contributed by atoms with Gasteiger partial charge in [-0.15, -0.1) is 0 Å². The summed E-state index contributed by atoms with van der Waals surface area (Å²) in [5.41, 5.74) is 8.87. The minimum absolute atomic E-state index is 0.417. The first-order chi connectivity index (χ1) is 15.0. The summed E-state index contributed by atoms with van der Waals surface area (Å²) in [6.07, 6.45) is 2.18. The summed E-state index contributed by atoms with van der Waals surface area (Å²) < 4.78 is 2.36. The third kappa shape index (κ3) is 3.42. The topological polar surface area (TPSA) is 19.7 Å². The fourth-order valence-electron chi connectivity index (χ4n) is 4.62. The molecule has 0 atom stereocenters. The Bertz CT molecular complexity index is 1390. The van der Waals surface area contributed by atoms with E-state index in [1.54, 1.807) is 0 Å². The molecule has 2 heteroatoms. The van der Waals surface area contributed by atoms with Crippen molar-refractivity contribution in [1.82, 2.24) is 4.98 Å². The van der Waals surface area contributed by atoms with Crippen LogP contribution in [0.15, 0.2) is 85.1 Å². The quantitative estimate of drug-likeness (QED) is 0.296. The molecular weight excluding hydrogens is 376 g/mol. The molecule has 1 N–H and O–H groups in total. The van der Waals surface area contributed by atoms with Crippen molar-refractivity contribution < 1.29 is 4.57 Å². The Hall–Kier alpha value is -3.39. The fraction of sp³-hybridized carbons (Fsp3) is 0.207. The number of benzene rings is 3. The summed E-state index contributed by atoms with van der Waals surface area (Å²) in [5, 5.41) is 2.56. The molecule has 2 aromatic heterocycles. The lowest BCUT2D eigenvalue weighted by Gasteiger charge is -2.15. The van der Waals surface area contributed by atoms with Crippen molar-refractivity contribution in [3.63, 3.8) is 0 Å². The number of rotatable bonds is 4. The highest BCUT2D eigenvalue weighted by molar-refractivity contribution is 6.08. The molecule has 0 saturated heterocycles. The van der Waals surface area contributed by atoms with Gasteiger partial charge in [-0.25, -0.2) is 0 Å². The minimum atomic E-state index is 0.417. The zero-order chi connectivity index (χ0) is 21.5. The van der Waals surface area contributed by atoms with Crippen LogP contribution in [0.1, 0.15) is 45.2 Å². The van der Waals surface area contributed by atoms with Gasteiger partial charge in [0.15, 0.2) is 12.2 Å². The van der Waals surface area contributed by atoms with Gasteiger partial charge in [0.25, 0.3) is 0 Å². The molecule has 0 saturated carbocycles. The maximum absolute atomic E-state index is 3.58. The van der Waals surface area contributed by atoms with E-state index < -0.39 is 0 Å². The molecule has 2 nitrogen and oxygen atoms in total. The average Bonchev–Trinajstić information content (AvgIpc) is 3.16. The van der Waals surface area contributed by atoms with Crippen LogP contribution in [0.4, 0.5) is 0 Å². The van der Waals surface area contributed by atoms with Gasteiger partial charge in [-0.2, -0.15) is 4.57 Å². The number of nitrogens with zero attached hydrogens (tertiary/aromatic N) is 1. The van der Waals surface area contributed by atoms with Crippen molar-refractivity contribution in [2.75, 3.05) is 0 Å². The third-order valence-electron chi connectivity index (χ3n) is 6.24. The van der Waals surface area contributed by atoms with E-state index in [4.69, 9.17) is 0 Å². The molecule has 154 valence electrons. The van der Waals surface area contributed by atoms with E-state index in [1.807, 2.05) is 0 Å². The van der Waals surface area contributed by atoms with Crippen LogP contribution in [-0.4, -0.2) is 4.98 Å². The zero-order valence-corrected chi connectivity index (χ0v) is 18.7. The number of aromatic nitrogens is 2. The average molecular weight is 406 g/mol. The lowest BCUT2D eigenvalue weighted by atomic mass is 9.90. The van der Waals surface area contributed by atoms with Crippen molar-refractivity contribution in [2.24, 2.45) is 0 Å². The standard InChI is InChI=1S/C29H28N2/c1-19(2)26-17-21(13-15-25(26)29-11-7-8-16-31(29)20(3)4)22-12-14-24-23-9-5-6-10-27(23)30-28(24)18-22/h5-20H,1-4H3/p+1. The van der Waals surface area contributed by atoms with Gasteiger partial charge in [-0.05, 0) is 60.7 Å². The largest absolute Gasteiger partial charge is 0.354 e. The summed E-state index contributed by atoms with van der Waals surface area (Å²) >= 11 is 0. The number of H-pyrrole nitrogens is 1. The van der Waals surface area contributed by atoms with Crippen molar-refractivity contribution in [1.29, 1.82) is 0 Å². The molecule has 5 aromatic rings. The molecule has 0 unspecified atom stereocenters. The Morgan fingerprint density at radius 1 is 0.677 bits per heavy atom. The van der Waals surface area contributed by atoms with E-state index >= 15 is 0 Å². The summed E-state index contributed by atoms with van der Waals surface area (Å²) in [4.78, 5) is 3.58. The smallest absolute Gasteiger partial charge is 0.212 e. The number of hydrogen-bond acceptors (Lipinski definition) is 0. The van der Waals surface area contributed by atoms with Gasteiger partial charge in [0.1, 0.15) is 0 Å². The van der Waals surface area contributed by atoms with Gasteiger partial charge in [0.2, 0.25) is 5.69 Å². The molecule has 2 heterocycles. The maximum Gasteiger partial charge on any atom is 0.212 e. The van der Waals surface area contributed by atoms with Crippen molar-refractivity contribution in [3.8, 4) is 22.4 Å². The van der Waals surface area contributed by atoms with Gasteiger partial charge in [-0.1, -0.05) is 56.3 Å². The second-order valence-corrected chi connectivity index (χ2v) is 8.97. The first-order valence-electron chi connectivity index (χ1n) is 11.2.